The number of ether oxygens (including phenoxy) is 1. The van der Waals surface area contributed by atoms with Crippen LogP contribution in [-0.4, -0.2) is 11.1 Å². The largest absolute Gasteiger partial charge is 0.438 e. The predicted molar refractivity (Wildman–Crippen MR) is 58.3 cm³/mol. The van der Waals surface area contributed by atoms with Gasteiger partial charge in [-0.1, -0.05) is 6.07 Å². The second-order valence-electron chi connectivity index (χ2n) is 3.66. The van der Waals surface area contributed by atoms with Gasteiger partial charge in [0.15, 0.2) is 5.58 Å². The van der Waals surface area contributed by atoms with E-state index in [1.807, 2.05) is 26.0 Å². The SMILES string of the molecule is CC(C)OCc1nc2c(N)cccc2o1. The van der Waals surface area contributed by atoms with Crippen molar-refractivity contribution in [3.05, 3.63) is 24.1 Å². The lowest BCUT2D eigenvalue weighted by atomic mass is 10.3. The lowest BCUT2D eigenvalue weighted by Gasteiger charge is -2.02. The number of oxazole rings is 1. The van der Waals surface area contributed by atoms with Crippen molar-refractivity contribution < 1.29 is 9.15 Å². The maximum Gasteiger partial charge on any atom is 0.221 e. The van der Waals surface area contributed by atoms with Crippen LogP contribution in [-0.2, 0) is 11.3 Å². The minimum atomic E-state index is 0.164. The van der Waals surface area contributed by atoms with E-state index in [-0.39, 0.29) is 6.10 Å². The van der Waals surface area contributed by atoms with Crippen LogP contribution in [0, 0.1) is 0 Å². The number of aromatic nitrogens is 1. The quantitative estimate of drug-likeness (QED) is 0.783. The van der Waals surface area contributed by atoms with Gasteiger partial charge in [-0.05, 0) is 26.0 Å². The van der Waals surface area contributed by atoms with Gasteiger partial charge in [-0.15, -0.1) is 0 Å². The number of para-hydroxylation sites is 1. The zero-order valence-corrected chi connectivity index (χ0v) is 8.86. The van der Waals surface area contributed by atoms with Crippen molar-refractivity contribution >= 4 is 16.8 Å². The fourth-order valence-electron chi connectivity index (χ4n) is 1.32. The third kappa shape index (κ3) is 2.10. The van der Waals surface area contributed by atoms with E-state index in [9.17, 15) is 0 Å². The van der Waals surface area contributed by atoms with Gasteiger partial charge in [0.05, 0.1) is 11.8 Å². The molecule has 0 atom stereocenters. The summed E-state index contributed by atoms with van der Waals surface area (Å²) in [6.07, 6.45) is 0.164. The summed E-state index contributed by atoms with van der Waals surface area (Å²) >= 11 is 0. The first-order chi connectivity index (χ1) is 7.16. The molecular weight excluding hydrogens is 192 g/mol. The minimum absolute atomic E-state index is 0.164. The van der Waals surface area contributed by atoms with Gasteiger partial charge >= 0.3 is 0 Å². The van der Waals surface area contributed by atoms with Crippen molar-refractivity contribution in [3.63, 3.8) is 0 Å². The van der Waals surface area contributed by atoms with Crippen molar-refractivity contribution in [2.24, 2.45) is 0 Å². The Bertz CT molecular complexity index is 463. The molecule has 0 aliphatic carbocycles. The number of nitrogen functional groups attached to an aromatic ring is 1. The summed E-state index contributed by atoms with van der Waals surface area (Å²) in [5, 5.41) is 0. The third-order valence-corrected chi connectivity index (χ3v) is 2.03. The van der Waals surface area contributed by atoms with Crippen LogP contribution in [0.5, 0.6) is 0 Å². The number of hydrogen-bond acceptors (Lipinski definition) is 4. The van der Waals surface area contributed by atoms with E-state index in [1.54, 1.807) is 6.07 Å². The molecule has 2 rings (SSSR count). The van der Waals surface area contributed by atoms with Gasteiger partial charge in [-0.2, -0.15) is 0 Å². The fraction of sp³-hybridized carbons (Fsp3) is 0.364. The average molecular weight is 206 g/mol. The highest BCUT2D eigenvalue weighted by atomic mass is 16.5. The highest BCUT2D eigenvalue weighted by Crippen LogP contribution is 2.21. The molecule has 1 aromatic heterocycles. The first kappa shape index (κ1) is 9.98. The van der Waals surface area contributed by atoms with E-state index in [1.165, 1.54) is 0 Å². The number of hydrogen-bond donors (Lipinski definition) is 1. The summed E-state index contributed by atoms with van der Waals surface area (Å²) in [6.45, 7) is 4.32. The molecule has 2 aromatic rings. The summed E-state index contributed by atoms with van der Waals surface area (Å²) < 4.78 is 10.9. The molecule has 4 nitrogen and oxygen atoms in total. The molecule has 0 fully saturated rings. The molecule has 15 heavy (non-hydrogen) atoms. The molecule has 2 N–H and O–H groups in total. The van der Waals surface area contributed by atoms with Gasteiger partial charge in [0.1, 0.15) is 12.1 Å². The summed E-state index contributed by atoms with van der Waals surface area (Å²) in [7, 11) is 0. The van der Waals surface area contributed by atoms with Gasteiger partial charge in [-0.3, -0.25) is 0 Å². The van der Waals surface area contributed by atoms with E-state index in [2.05, 4.69) is 4.98 Å². The minimum Gasteiger partial charge on any atom is -0.438 e. The summed E-state index contributed by atoms with van der Waals surface area (Å²) in [5.74, 6) is 0.566. The molecule has 0 unspecified atom stereocenters. The Kier molecular flexibility index (Phi) is 2.60. The summed E-state index contributed by atoms with van der Waals surface area (Å²) in [4.78, 5) is 4.27. The van der Waals surface area contributed by atoms with Crippen molar-refractivity contribution in [1.82, 2.24) is 4.98 Å². The second-order valence-corrected chi connectivity index (χ2v) is 3.66. The van der Waals surface area contributed by atoms with Crippen molar-refractivity contribution in [3.8, 4) is 0 Å². The van der Waals surface area contributed by atoms with Gasteiger partial charge in [0, 0.05) is 0 Å². The Morgan fingerprint density at radius 2 is 2.27 bits per heavy atom. The lowest BCUT2D eigenvalue weighted by molar-refractivity contribution is 0.0526. The van der Waals surface area contributed by atoms with E-state index < -0.39 is 0 Å². The second kappa shape index (κ2) is 3.90. The van der Waals surface area contributed by atoms with Gasteiger partial charge < -0.3 is 14.9 Å². The maximum absolute atomic E-state index is 5.76. The third-order valence-electron chi connectivity index (χ3n) is 2.03. The molecule has 1 heterocycles. The van der Waals surface area contributed by atoms with Gasteiger partial charge in [0.25, 0.3) is 0 Å². The molecule has 80 valence electrons. The number of fused-ring (bicyclic) bond motifs is 1. The van der Waals surface area contributed by atoms with Crippen LogP contribution in [0.15, 0.2) is 22.6 Å². The molecule has 0 aliphatic rings. The lowest BCUT2D eigenvalue weighted by Crippen LogP contribution is -2.02. The molecular formula is C11H14N2O2. The van der Waals surface area contributed by atoms with Gasteiger partial charge in [0.2, 0.25) is 5.89 Å². The number of benzene rings is 1. The summed E-state index contributed by atoms with van der Waals surface area (Å²) in [6, 6.07) is 5.49. The molecule has 0 saturated carbocycles. The fourth-order valence-corrected chi connectivity index (χ4v) is 1.32. The van der Waals surface area contributed by atoms with E-state index >= 15 is 0 Å². The molecule has 0 saturated heterocycles. The number of rotatable bonds is 3. The smallest absolute Gasteiger partial charge is 0.221 e. The molecule has 0 spiro atoms. The Balaban J connectivity index is 2.27. The highest BCUT2D eigenvalue weighted by Gasteiger charge is 2.08. The highest BCUT2D eigenvalue weighted by molar-refractivity contribution is 5.85. The standard InChI is InChI=1S/C11H14N2O2/c1-7(2)14-6-10-13-11-8(12)4-3-5-9(11)15-10/h3-5,7H,6,12H2,1-2H3. The van der Waals surface area contributed by atoms with Crippen LogP contribution < -0.4 is 5.73 Å². The molecule has 0 radical (unpaired) electrons. The van der Waals surface area contributed by atoms with Crippen LogP contribution in [0.1, 0.15) is 19.7 Å². The van der Waals surface area contributed by atoms with E-state index in [0.717, 1.165) is 0 Å². The normalized spacial score (nSPS) is 11.4. The Morgan fingerprint density at radius 1 is 1.47 bits per heavy atom. The topological polar surface area (TPSA) is 61.3 Å². The number of anilines is 1. The Labute approximate surface area is 88.0 Å². The van der Waals surface area contributed by atoms with Crippen molar-refractivity contribution in [2.75, 3.05) is 5.73 Å². The maximum atomic E-state index is 5.76. The molecule has 0 amide bonds. The molecule has 0 bridgehead atoms. The predicted octanol–water partition coefficient (Wildman–Crippen LogP) is 2.33. The molecule has 4 heteroatoms. The summed E-state index contributed by atoms with van der Waals surface area (Å²) in [5.41, 5.74) is 7.81. The van der Waals surface area contributed by atoms with Crippen LogP contribution in [0.25, 0.3) is 11.1 Å². The van der Waals surface area contributed by atoms with Crippen molar-refractivity contribution in [1.29, 1.82) is 0 Å². The zero-order chi connectivity index (χ0) is 10.8. The van der Waals surface area contributed by atoms with E-state index in [4.69, 9.17) is 14.9 Å². The zero-order valence-electron chi connectivity index (χ0n) is 8.86. The van der Waals surface area contributed by atoms with Crippen molar-refractivity contribution in [2.45, 2.75) is 26.6 Å². The van der Waals surface area contributed by atoms with Crippen LogP contribution >= 0.6 is 0 Å². The number of nitrogens with two attached hydrogens (primary N) is 1. The van der Waals surface area contributed by atoms with Crippen LogP contribution in [0.3, 0.4) is 0 Å². The van der Waals surface area contributed by atoms with E-state index in [0.29, 0.717) is 29.3 Å². The van der Waals surface area contributed by atoms with Crippen LogP contribution in [0.4, 0.5) is 5.69 Å². The monoisotopic (exact) mass is 206 g/mol. The van der Waals surface area contributed by atoms with Crippen LogP contribution in [0.2, 0.25) is 0 Å². The Morgan fingerprint density at radius 3 is 2.93 bits per heavy atom. The molecule has 0 aliphatic heterocycles. The number of nitrogens with zero attached hydrogens (tertiary/aromatic N) is 1. The first-order valence-electron chi connectivity index (χ1n) is 4.92. The first-order valence-corrected chi connectivity index (χ1v) is 4.92. The Hall–Kier alpha value is -1.55. The van der Waals surface area contributed by atoms with Gasteiger partial charge in [-0.25, -0.2) is 4.98 Å². The average Bonchev–Trinajstić information content (AvgIpc) is 2.59. The molecule has 1 aromatic carbocycles.